The van der Waals surface area contributed by atoms with Gasteiger partial charge in [0.15, 0.2) is 0 Å². The molecule has 7 nitrogen and oxygen atoms in total. The fourth-order valence-corrected chi connectivity index (χ4v) is 7.37. The van der Waals surface area contributed by atoms with E-state index in [0.717, 1.165) is 23.4 Å². The number of benzene rings is 1. The Morgan fingerprint density at radius 3 is 2.65 bits per heavy atom. The van der Waals surface area contributed by atoms with E-state index in [0.29, 0.717) is 0 Å². The van der Waals surface area contributed by atoms with E-state index in [1.54, 1.807) is 0 Å². The fourth-order valence-electron chi connectivity index (χ4n) is 4.21. The molecule has 1 aromatic carbocycles. The van der Waals surface area contributed by atoms with E-state index in [2.05, 4.69) is 14.4 Å². The van der Waals surface area contributed by atoms with Crippen LogP contribution in [0.4, 0.5) is 13.2 Å². The largest absolute Gasteiger partial charge is 0.464 e. The summed E-state index contributed by atoms with van der Waals surface area (Å²) in [5, 5.41) is 3.40. The van der Waals surface area contributed by atoms with Crippen LogP contribution in [0.5, 0.6) is 0 Å². The third-order valence-electron chi connectivity index (χ3n) is 5.71. The second-order valence-corrected chi connectivity index (χ2v) is 10.9. The lowest BCUT2D eigenvalue weighted by atomic mass is 10.1. The van der Waals surface area contributed by atoms with Crippen molar-refractivity contribution in [3.05, 3.63) is 59.5 Å². The lowest BCUT2D eigenvalue weighted by Crippen LogP contribution is -2.47. The molecule has 3 heterocycles. The zero-order valence-electron chi connectivity index (χ0n) is 15.6. The van der Waals surface area contributed by atoms with Crippen molar-refractivity contribution in [3.8, 4) is 0 Å². The number of sulfonamides is 1. The lowest BCUT2D eigenvalue weighted by molar-refractivity contribution is -0.155. The van der Waals surface area contributed by atoms with Crippen molar-refractivity contribution in [3.63, 3.8) is 0 Å². The van der Waals surface area contributed by atoms with Gasteiger partial charge in [0.1, 0.15) is 15.8 Å². The highest BCUT2D eigenvalue weighted by atomic mass is 32.3. The molecule has 12 heteroatoms. The van der Waals surface area contributed by atoms with Gasteiger partial charge in [-0.15, -0.1) is 11.8 Å². The first-order valence-electron chi connectivity index (χ1n) is 9.29. The summed E-state index contributed by atoms with van der Waals surface area (Å²) in [5.41, 5.74) is -0.590. The third-order valence-corrected chi connectivity index (χ3v) is 9.35. The maximum atomic E-state index is 13.1. The van der Waals surface area contributed by atoms with Gasteiger partial charge in [-0.1, -0.05) is 41.6 Å². The summed E-state index contributed by atoms with van der Waals surface area (Å²) in [6, 6.07) is 9.85. The number of aromatic nitrogens is 1. The molecule has 1 saturated heterocycles. The Hall–Kier alpha value is -2.31. The van der Waals surface area contributed by atoms with Crippen molar-refractivity contribution in [1.82, 2.24) is 9.88 Å². The number of ether oxygens (including phenoxy) is 1. The van der Waals surface area contributed by atoms with Crippen molar-refractivity contribution in [2.75, 3.05) is 6.61 Å². The van der Waals surface area contributed by atoms with Crippen molar-refractivity contribution < 1.29 is 35.6 Å². The lowest BCUT2D eigenvalue weighted by Gasteiger charge is -2.19. The standard InChI is InChI=1S/C19H15F3N2O5S2/c20-19(21,22)14-8-12(23-29-14)13-6-7-15(30-13)31(26,27)24-18-11(9-28-17(18)25)16(18)10-4-2-1-3-5-10/h1-6,8,11,15-16,24H,7,9H2. The number of halogens is 3. The Balaban J connectivity index is 1.34. The van der Waals surface area contributed by atoms with E-state index in [9.17, 15) is 26.4 Å². The van der Waals surface area contributed by atoms with Gasteiger partial charge in [-0.2, -0.15) is 17.9 Å². The first kappa shape index (κ1) is 20.6. The molecular formula is C19H15F3N2O5S2. The molecule has 0 amide bonds. The van der Waals surface area contributed by atoms with Crippen LogP contribution in [0, 0.1) is 5.92 Å². The van der Waals surface area contributed by atoms with E-state index in [1.807, 2.05) is 30.3 Å². The Morgan fingerprint density at radius 2 is 1.97 bits per heavy atom. The van der Waals surface area contributed by atoms with Crippen LogP contribution in [-0.2, 0) is 25.7 Å². The van der Waals surface area contributed by atoms with Gasteiger partial charge in [-0.25, -0.2) is 13.2 Å². The van der Waals surface area contributed by atoms with Gasteiger partial charge in [0.05, 0.1) is 6.61 Å². The second-order valence-electron chi connectivity index (χ2n) is 7.54. The maximum Gasteiger partial charge on any atom is 0.452 e. The number of carbonyl (C=O) groups excluding carboxylic acids is 1. The number of nitrogens with zero attached hydrogens (tertiary/aromatic N) is 1. The summed E-state index contributed by atoms with van der Waals surface area (Å²) in [4.78, 5) is 12.8. The summed E-state index contributed by atoms with van der Waals surface area (Å²) >= 11 is 0.862. The number of fused-ring (bicyclic) bond motifs is 1. The Kier molecular flexibility index (Phi) is 4.54. The molecular weight excluding hydrogens is 457 g/mol. The molecule has 31 heavy (non-hydrogen) atoms. The van der Waals surface area contributed by atoms with Gasteiger partial charge >= 0.3 is 12.1 Å². The van der Waals surface area contributed by atoms with Gasteiger partial charge < -0.3 is 9.26 Å². The van der Waals surface area contributed by atoms with Crippen LogP contribution >= 0.6 is 11.8 Å². The molecule has 1 aliphatic carbocycles. The summed E-state index contributed by atoms with van der Waals surface area (Å²) in [6.07, 6.45) is -3.14. The SMILES string of the molecule is O=C1OCC2C(c3ccccc3)C12NS(=O)(=O)C1CC=C(c2cc(C(F)(F)F)on2)S1. The molecule has 164 valence electrons. The van der Waals surface area contributed by atoms with E-state index >= 15 is 0 Å². The van der Waals surface area contributed by atoms with E-state index in [4.69, 9.17) is 4.74 Å². The van der Waals surface area contributed by atoms with Gasteiger partial charge in [0.2, 0.25) is 15.8 Å². The van der Waals surface area contributed by atoms with Crippen molar-refractivity contribution in [2.45, 2.75) is 28.6 Å². The summed E-state index contributed by atoms with van der Waals surface area (Å²) in [6.45, 7) is 0.126. The zero-order chi connectivity index (χ0) is 22.0. The third kappa shape index (κ3) is 3.28. The normalized spacial score (nSPS) is 30.1. The highest BCUT2D eigenvalue weighted by Gasteiger charge is 2.76. The van der Waals surface area contributed by atoms with Gasteiger partial charge in [0, 0.05) is 22.8 Å². The van der Waals surface area contributed by atoms with Crippen LogP contribution in [0.1, 0.15) is 29.4 Å². The molecule has 5 rings (SSSR count). The molecule has 1 N–H and O–H groups in total. The minimum atomic E-state index is -4.68. The highest BCUT2D eigenvalue weighted by Crippen LogP contribution is 2.62. The minimum Gasteiger partial charge on any atom is -0.464 e. The fraction of sp³-hybridized carbons (Fsp3) is 0.368. The van der Waals surface area contributed by atoms with E-state index in [-0.39, 0.29) is 35.5 Å². The average Bonchev–Trinajstić information content (AvgIpc) is 3.20. The number of cyclic esters (lactones) is 1. The zero-order valence-corrected chi connectivity index (χ0v) is 17.3. The van der Waals surface area contributed by atoms with E-state index in [1.165, 1.54) is 6.08 Å². The second kappa shape index (κ2) is 6.84. The van der Waals surface area contributed by atoms with Crippen molar-refractivity contribution >= 4 is 32.7 Å². The van der Waals surface area contributed by atoms with Crippen molar-refractivity contribution in [1.29, 1.82) is 0 Å². The predicted molar refractivity (Wildman–Crippen MR) is 104 cm³/mol. The highest BCUT2D eigenvalue weighted by molar-refractivity contribution is 8.18. The molecule has 2 fully saturated rings. The number of rotatable bonds is 5. The molecule has 4 unspecified atom stereocenters. The first-order valence-corrected chi connectivity index (χ1v) is 11.7. The van der Waals surface area contributed by atoms with Crippen LogP contribution in [0.2, 0.25) is 0 Å². The van der Waals surface area contributed by atoms with Crippen LogP contribution in [0.3, 0.4) is 0 Å². The molecule has 1 aromatic heterocycles. The molecule has 4 atom stereocenters. The maximum absolute atomic E-state index is 13.1. The number of hydrogen-bond acceptors (Lipinski definition) is 7. The number of hydrogen-bond donors (Lipinski definition) is 1. The number of alkyl halides is 3. The molecule has 2 aromatic rings. The predicted octanol–water partition coefficient (Wildman–Crippen LogP) is 3.13. The molecule has 0 bridgehead atoms. The quantitative estimate of drug-likeness (QED) is 0.668. The van der Waals surface area contributed by atoms with Crippen LogP contribution in [-0.4, -0.2) is 36.3 Å². The Morgan fingerprint density at radius 1 is 1.23 bits per heavy atom. The van der Waals surface area contributed by atoms with Crippen LogP contribution < -0.4 is 4.72 Å². The van der Waals surface area contributed by atoms with Gasteiger partial charge in [0.25, 0.3) is 0 Å². The first-order chi connectivity index (χ1) is 14.6. The number of thioether (sulfide) groups is 1. The summed E-state index contributed by atoms with van der Waals surface area (Å²) < 4.78 is 75.3. The molecule has 1 saturated carbocycles. The summed E-state index contributed by atoms with van der Waals surface area (Å²) in [7, 11) is -4.02. The number of nitrogens with one attached hydrogen (secondary N) is 1. The van der Waals surface area contributed by atoms with Gasteiger partial charge in [-0.3, -0.25) is 0 Å². The van der Waals surface area contributed by atoms with Crippen LogP contribution in [0.25, 0.3) is 4.91 Å². The monoisotopic (exact) mass is 472 g/mol. The number of esters is 1. The average molecular weight is 472 g/mol. The van der Waals surface area contributed by atoms with Gasteiger partial charge in [-0.05, 0) is 12.0 Å². The van der Waals surface area contributed by atoms with Crippen LogP contribution in [0.15, 0.2) is 47.0 Å². The van der Waals surface area contributed by atoms with E-state index < -0.39 is 38.1 Å². The molecule has 0 spiro atoms. The number of carbonyl (C=O) groups is 1. The van der Waals surface area contributed by atoms with Crippen molar-refractivity contribution in [2.24, 2.45) is 5.92 Å². The molecule has 0 radical (unpaired) electrons. The summed E-state index contributed by atoms with van der Waals surface area (Å²) in [5.74, 6) is -2.50. The Labute approximate surface area is 179 Å². The number of allylic oxidation sites excluding steroid dienone is 1. The molecule has 3 aliphatic rings. The minimum absolute atomic E-state index is 0.0509. The smallest absolute Gasteiger partial charge is 0.452 e. The Bertz CT molecular complexity index is 1180. The molecule has 2 aliphatic heterocycles. The topological polar surface area (TPSA) is 98.5 Å².